The van der Waals surface area contributed by atoms with E-state index in [1.165, 1.54) is 0 Å². The highest BCUT2D eigenvalue weighted by molar-refractivity contribution is 9.10. The van der Waals surface area contributed by atoms with Crippen molar-refractivity contribution in [1.82, 2.24) is 4.98 Å². The average Bonchev–Trinajstić information content (AvgIpc) is 2.45. The third kappa shape index (κ3) is 1.57. The summed E-state index contributed by atoms with van der Waals surface area (Å²) in [5, 5.41) is 0. The van der Waals surface area contributed by atoms with Crippen LogP contribution >= 0.6 is 15.9 Å². The maximum absolute atomic E-state index is 10.4. The lowest BCUT2D eigenvalue weighted by molar-refractivity contribution is -0.107. The summed E-state index contributed by atoms with van der Waals surface area (Å²) in [6, 6.07) is 3.71. The second-order valence-corrected chi connectivity index (χ2v) is 3.87. The van der Waals surface area contributed by atoms with E-state index in [-0.39, 0.29) is 0 Å². The Balaban J connectivity index is 2.63. The lowest BCUT2D eigenvalue weighted by Crippen LogP contribution is -1.87. The number of rotatable bonds is 2. The van der Waals surface area contributed by atoms with Gasteiger partial charge < -0.3 is 9.21 Å². The van der Waals surface area contributed by atoms with Crippen LogP contribution in [0.4, 0.5) is 0 Å². The number of aromatic nitrogens is 1. The molecule has 0 N–H and O–H groups in total. The third-order valence-corrected chi connectivity index (χ3v) is 2.70. The molecule has 0 fully saturated rings. The first-order chi connectivity index (χ1) is 6.70. The molecule has 0 saturated carbocycles. The summed E-state index contributed by atoms with van der Waals surface area (Å²) < 4.78 is 6.26. The standard InChI is InChI=1S/C10H8BrNO2/c1-6-12-9-5-8(11)7(2-3-13)4-10(9)14-6/h3-5H,2H2,1H3. The van der Waals surface area contributed by atoms with Gasteiger partial charge in [-0.15, -0.1) is 0 Å². The predicted octanol–water partition coefficient (Wildman–Crippen LogP) is 2.64. The Bertz CT molecular complexity index is 490. The van der Waals surface area contributed by atoms with Gasteiger partial charge in [0.05, 0.1) is 0 Å². The van der Waals surface area contributed by atoms with Crippen molar-refractivity contribution >= 4 is 33.3 Å². The van der Waals surface area contributed by atoms with Crippen molar-refractivity contribution in [2.24, 2.45) is 0 Å². The van der Waals surface area contributed by atoms with Gasteiger partial charge in [-0.3, -0.25) is 0 Å². The van der Waals surface area contributed by atoms with Crippen LogP contribution in [0.1, 0.15) is 11.5 Å². The highest BCUT2D eigenvalue weighted by Gasteiger charge is 2.07. The molecule has 2 aromatic rings. The van der Waals surface area contributed by atoms with E-state index < -0.39 is 0 Å². The topological polar surface area (TPSA) is 43.1 Å². The smallest absolute Gasteiger partial charge is 0.192 e. The molecule has 0 amide bonds. The molecule has 0 spiro atoms. The number of aldehydes is 1. The summed E-state index contributed by atoms with van der Waals surface area (Å²) in [6.07, 6.45) is 1.26. The molecule has 0 aliphatic rings. The van der Waals surface area contributed by atoms with E-state index in [9.17, 15) is 4.79 Å². The Morgan fingerprint density at radius 3 is 3.07 bits per heavy atom. The summed E-state index contributed by atoms with van der Waals surface area (Å²) in [6.45, 7) is 1.80. The first-order valence-corrected chi connectivity index (χ1v) is 4.99. The molecule has 3 nitrogen and oxygen atoms in total. The molecule has 0 atom stereocenters. The zero-order valence-corrected chi connectivity index (χ0v) is 9.17. The first kappa shape index (κ1) is 9.40. The second kappa shape index (κ2) is 3.53. The Kier molecular flexibility index (Phi) is 2.37. The predicted molar refractivity (Wildman–Crippen MR) is 56.2 cm³/mol. The number of hydrogen-bond acceptors (Lipinski definition) is 3. The van der Waals surface area contributed by atoms with Crippen LogP contribution in [0.3, 0.4) is 0 Å². The van der Waals surface area contributed by atoms with Crippen molar-refractivity contribution < 1.29 is 9.21 Å². The van der Waals surface area contributed by atoms with E-state index in [0.29, 0.717) is 12.3 Å². The van der Waals surface area contributed by atoms with Crippen LogP contribution < -0.4 is 0 Å². The van der Waals surface area contributed by atoms with E-state index in [2.05, 4.69) is 20.9 Å². The van der Waals surface area contributed by atoms with Crippen molar-refractivity contribution in [2.45, 2.75) is 13.3 Å². The number of aryl methyl sites for hydroxylation is 1. The zero-order chi connectivity index (χ0) is 10.1. The van der Waals surface area contributed by atoms with Crippen molar-refractivity contribution in [2.75, 3.05) is 0 Å². The highest BCUT2D eigenvalue weighted by Crippen LogP contribution is 2.24. The van der Waals surface area contributed by atoms with E-state index in [1.807, 2.05) is 12.1 Å². The molecule has 4 heteroatoms. The van der Waals surface area contributed by atoms with Crippen molar-refractivity contribution in [3.8, 4) is 0 Å². The molecule has 72 valence electrons. The van der Waals surface area contributed by atoms with Crippen molar-refractivity contribution in [3.05, 3.63) is 28.1 Å². The van der Waals surface area contributed by atoms with Gasteiger partial charge in [0.25, 0.3) is 0 Å². The molecule has 1 heterocycles. The number of halogens is 1. The number of carbonyl (C=O) groups is 1. The van der Waals surface area contributed by atoms with Gasteiger partial charge in [0.2, 0.25) is 0 Å². The maximum Gasteiger partial charge on any atom is 0.192 e. The van der Waals surface area contributed by atoms with Crippen LogP contribution in [0.15, 0.2) is 21.0 Å². The Morgan fingerprint density at radius 1 is 1.57 bits per heavy atom. The lowest BCUT2D eigenvalue weighted by atomic mass is 10.1. The number of carbonyl (C=O) groups excluding carboxylic acids is 1. The maximum atomic E-state index is 10.4. The molecule has 1 aromatic heterocycles. The Labute approximate surface area is 89.3 Å². The van der Waals surface area contributed by atoms with Crippen molar-refractivity contribution in [3.63, 3.8) is 0 Å². The SMILES string of the molecule is Cc1nc2cc(Br)c(CC=O)cc2o1. The minimum Gasteiger partial charge on any atom is -0.441 e. The molecule has 0 unspecified atom stereocenters. The van der Waals surface area contributed by atoms with Crippen LogP contribution in [-0.2, 0) is 11.2 Å². The fraction of sp³-hybridized carbons (Fsp3) is 0.200. The second-order valence-electron chi connectivity index (χ2n) is 3.02. The molecule has 1 aromatic carbocycles. The molecule has 2 rings (SSSR count). The van der Waals surface area contributed by atoms with Crippen LogP contribution in [0, 0.1) is 6.92 Å². The third-order valence-electron chi connectivity index (χ3n) is 1.97. The fourth-order valence-corrected chi connectivity index (χ4v) is 1.85. The van der Waals surface area contributed by atoms with Gasteiger partial charge >= 0.3 is 0 Å². The number of benzene rings is 1. The molecule has 0 saturated heterocycles. The van der Waals surface area contributed by atoms with Crippen LogP contribution in [-0.4, -0.2) is 11.3 Å². The molecule has 0 aliphatic carbocycles. The van der Waals surface area contributed by atoms with Gasteiger partial charge in [-0.2, -0.15) is 0 Å². The summed E-state index contributed by atoms with van der Waals surface area (Å²) >= 11 is 3.39. The highest BCUT2D eigenvalue weighted by atomic mass is 79.9. The van der Waals surface area contributed by atoms with Gasteiger partial charge in [-0.1, -0.05) is 15.9 Å². The first-order valence-electron chi connectivity index (χ1n) is 4.20. The minimum absolute atomic E-state index is 0.385. The number of hydrogen-bond donors (Lipinski definition) is 0. The van der Waals surface area contributed by atoms with Gasteiger partial charge in [0.1, 0.15) is 11.8 Å². The van der Waals surface area contributed by atoms with Gasteiger partial charge in [0.15, 0.2) is 11.5 Å². The number of oxazole rings is 1. The fourth-order valence-electron chi connectivity index (χ4n) is 1.35. The minimum atomic E-state index is 0.385. The summed E-state index contributed by atoms with van der Waals surface area (Å²) in [4.78, 5) is 14.6. The molecule has 14 heavy (non-hydrogen) atoms. The molecule has 0 aliphatic heterocycles. The van der Waals surface area contributed by atoms with E-state index in [1.54, 1.807) is 6.92 Å². The summed E-state index contributed by atoms with van der Waals surface area (Å²) in [5.74, 6) is 0.634. The summed E-state index contributed by atoms with van der Waals surface area (Å²) in [5.41, 5.74) is 2.45. The number of nitrogens with zero attached hydrogens (tertiary/aromatic N) is 1. The zero-order valence-electron chi connectivity index (χ0n) is 7.58. The Morgan fingerprint density at radius 2 is 2.36 bits per heavy atom. The molecular weight excluding hydrogens is 246 g/mol. The van der Waals surface area contributed by atoms with Gasteiger partial charge in [-0.25, -0.2) is 4.98 Å². The quantitative estimate of drug-likeness (QED) is 0.773. The van der Waals surface area contributed by atoms with E-state index in [0.717, 1.165) is 27.4 Å². The molecule has 0 radical (unpaired) electrons. The largest absolute Gasteiger partial charge is 0.441 e. The monoisotopic (exact) mass is 253 g/mol. The normalized spacial score (nSPS) is 10.7. The van der Waals surface area contributed by atoms with Crippen molar-refractivity contribution in [1.29, 1.82) is 0 Å². The number of fused-ring (bicyclic) bond motifs is 1. The Hall–Kier alpha value is -1.16. The summed E-state index contributed by atoms with van der Waals surface area (Å²) in [7, 11) is 0. The van der Waals surface area contributed by atoms with Gasteiger partial charge in [0, 0.05) is 17.8 Å². The molecule has 0 bridgehead atoms. The average molecular weight is 254 g/mol. The lowest BCUT2D eigenvalue weighted by Gasteiger charge is -1.98. The van der Waals surface area contributed by atoms with Crippen LogP contribution in [0.5, 0.6) is 0 Å². The van der Waals surface area contributed by atoms with E-state index >= 15 is 0 Å². The molecular formula is C10H8BrNO2. The van der Waals surface area contributed by atoms with E-state index in [4.69, 9.17) is 4.42 Å². The van der Waals surface area contributed by atoms with Crippen LogP contribution in [0.25, 0.3) is 11.1 Å². The van der Waals surface area contributed by atoms with Gasteiger partial charge in [-0.05, 0) is 17.7 Å². The van der Waals surface area contributed by atoms with Crippen LogP contribution in [0.2, 0.25) is 0 Å².